The fourth-order valence-electron chi connectivity index (χ4n) is 2.62. The highest BCUT2D eigenvalue weighted by Crippen LogP contribution is 2.32. The number of nitrogens with zero attached hydrogens (tertiary/aromatic N) is 2. The molecule has 0 spiro atoms. The maximum atomic E-state index is 12.4. The maximum Gasteiger partial charge on any atom is 0.412 e. The molecule has 1 unspecified atom stereocenters. The van der Waals surface area contributed by atoms with E-state index in [1.807, 2.05) is 24.3 Å². The van der Waals surface area contributed by atoms with Crippen molar-refractivity contribution in [3.8, 4) is 17.4 Å². The van der Waals surface area contributed by atoms with E-state index in [0.717, 1.165) is 10.0 Å². The van der Waals surface area contributed by atoms with Crippen LogP contribution >= 0.6 is 15.9 Å². The summed E-state index contributed by atoms with van der Waals surface area (Å²) in [5.41, 5.74) is 2.87. The van der Waals surface area contributed by atoms with Gasteiger partial charge < -0.3 is 9.26 Å². The number of anilines is 1. The first-order valence-electron chi connectivity index (χ1n) is 8.18. The molecule has 6 nitrogen and oxygen atoms in total. The number of nitriles is 1. The number of aryl methyl sites for hydroxylation is 1. The Morgan fingerprint density at radius 2 is 1.96 bits per heavy atom. The highest BCUT2D eigenvalue weighted by atomic mass is 79.9. The molecule has 1 N–H and O–H groups in total. The van der Waals surface area contributed by atoms with E-state index in [9.17, 15) is 10.1 Å². The van der Waals surface area contributed by atoms with Crippen LogP contribution in [0.5, 0.6) is 0 Å². The molecule has 0 radical (unpaired) electrons. The summed E-state index contributed by atoms with van der Waals surface area (Å²) in [5.74, 6) is 0.446. The van der Waals surface area contributed by atoms with Gasteiger partial charge in [-0.25, -0.2) is 4.79 Å². The van der Waals surface area contributed by atoms with Crippen LogP contribution in [0.3, 0.4) is 0 Å². The standard InChI is InChI=1S/C20H16BrN3O3/c1-12-18(19(27-24-12)14-7-9-16(21)10-8-14)23-20(25)26-13(2)17-6-4-3-5-15(17)11-22/h3-10,13H,1-2H3,(H,23,25). The van der Waals surface area contributed by atoms with E-state index in [2.05, 4.69) is 32.5 Å². The Hall–Kier alpha value is -3.11. The first-order chi connectivity index (χ1) is 13.0. The summed E-state index contributed by atoms with van der Waals surface area (Å²) in [7, 11) is 0. The summed E-state index contributed by atoms with van der Waals surface area (Å²) in [6.45, 7) is 3.45. The summed E-state index contributed by atoms with van der Waals surface area (Å²) < 4.78 is 11.7. The van der Waals surface area contributed by atoms with Crippen molar-refractivity contribution in [2.75, 3.05) is 5.32 Å². The van der Waals surface area contributed by atoms with Gasteiger partial charge in [-0.15, -0.1) is 0 Å². The number of benzene rings is 2. The molecule has 0 aliphatic heterocycles. The van der Waals surface area contributed by atoms with Crippen molar-refractivity contribution >= 4 is 27.7 Å². The highest BCUT2D eigenvalue weighted by Gasteiger charge is 2.20. The Kier molecular flexibility index (Phi) is 5.57. The zero-order chi connectivity index (χ0) is 19.4. The minimum atomic E-state index is -0.653. The summed E-state index contributed by atoms with van der Waals surface area (Å²) in [5, 5.41) is 15.8. The number of rotatable bonds is 4. The summed E-state index contributed by atoms with van der Waals surface area (Å²) >= 11 is 3.38. The second kappa shape index (κ2) is 8.06. The molecule has 1 atom stereocenters. The van der Waals surface area contributed by atoms with Gasteiger partial charge in [-0.2, -0.15) is 5.26 Å². The van der Waals surface area contributed by atoms with Gasteiger partial charge in [0.2, 0.25) is 0 Å². The number of amides is 1. The van der Waals surface area contributed by atoms with Gasteiger partial charge in [-0.05, 0) is 44.2 Å². The largest absolute Gasteiger partial charge is 0.441 e. The van der Waals surface area contributed by atoms with Gasteiger partial charge in [-0.1, -0.05) is 39.3 Å². The third kappa shape index (κ3) is 4.18. The number of hydrogen-bond acceptors (Lipinski definition) is 5. The van der Waals surface area contributed by atoms with Crippen LogP contribution in [0.4, 0.5) is 10.5 Å². The normalized spacial score (nSPS) is 11.5. The molecule has 1 heterocycles. The molecule has 0 bridgehead atoms. The zero-order valence-electron chi connectivity index (χ0n) is 14.7. The summed E-state index contributed by atoms with van der Waals surface area (Å²) in [4.78, 5) is 12.4. The third-order valence-electron chi connectivity index (χ3n) is 4.00. The Balaban J connectivity index is 1.78. The molecule has 0 fully saturated rings. The van der Waals surface area contributed by atoms with E-state index in [1.165, 1.54) is 0 Å². The van der Waals surface area contributed by atoms with Crippen molar-refractivity contribution < 1.29 is 14.1 Å². The molecule has 27 heavy (non-hydrogen) atoms. The van der Waals surface area contributed by atoms with Crippen molar-refractivity contribution in [2.24, 2.45) is 0 Å². The van der Waals surface area contributed by atoms with E-state index < -0.39 is 12.2 Å². The van der Waals surface area contributed by atoms with Crippen LogP contribution in [0, 0.1) is 18.3 Å². The average Bonchev–Trinajstić information content (AvgIpc) is 3.02. The van der Waals surface area contributed by atoms with Gasteiger partial charge >= 0.3 is 6.09 Å². The topological polar surface area (TPSA) is 88.2 Å². The molecule has 1 amide bonds. The van der Waals surface area contributed by atoms with Crippen LogP contribution in [-0.4, -0.2) is 11.2 Å². The fraction of sp³-hybridized carbons (Fsp3) is 0.150. The number of hydrogen-bond donors (Lipinski definition) is 1. The van der Waals surface area contributed by atoms with Gasteiger partial charge in [0.15, 0.2) is 5.76 Å². The first-order valence-corrected chi connectivity index (χ1v) is 8.97. The second-order valence-corrected chi connectivity index (χ2v) is 6.77. The number of halogens is 1. The van der Waals surface area contributed by atoms with E-state index in [-0.39, 0.29) is 0 Å². The molecule has 7 heteroatoms. The molecule has 0 aliphatic carbocycles. The lowest BCUT2D eigenvalue weighted by Crippen LogP contribution is -2.17. The number of aromatic nitrogens is 1. The average molecular weight is 426 g/mol. The van der Waals surface area contributed by atoms with Gasteiger partial charge in [0.1, 0.15) is 17.5 Å². The van der Waals surface area contributed by atoms with E-state index in [1.54, 1.807) is 38.1 Å². The van der Waals surface area contributed by atoms with Crippen LogP contribution < -0.4 is 5.32 Å². The van der Waals surface area contributed by atoms with Crippen LogP contribution in [0.2, 0.25) is 0 Å². The van der Waals surface area contributed by atoms with E-state index >= 15 is 0 Å². The minimum absolute atomic E-state index is 0.446. The molecular formula is C20H16BrN3O3. The predicted octanol–water partition coefficient (Wildman–Crippen LogP) is 5.59. The minimum Gasteiger partial charge on any atom is -0.441 e. The van der Waals surface area contributed by atoms with Crippen LogP contribution in [0.25, 0.3) is 11.3 Å². The van der Waals surface area contributed by atoms with Crippen molar-refractivity contribution in [1.82, 2.24) is 5.16 Å². The number of carbonyl (C=O) groups excluding carboxylic acids is 1. The molecule has 0 aliphatic rings. The number of nitrogens with one attached hydrogen (secondary N) is 1. The number of ether oxygens (including phenoxy) is 1. The molecule has 3 rings (SSSR count). The smallest absolute Gasteiger partial charge is 0.412 e. The van der Waals surface area contributed by atoms with E-state index in [0.29, 0.717) is 28.3 Å². The second-order valence-electron chi connectivity index (χ2n) is 5.85. The lowest BCUT2D eigenvalue weighted by Gasteiger charge is -2.15. The SMILES string of the molecule is Cc1noc(-c2ccc(Br)cc2)c1NC(=O)OC(C)c1ccccc1C#N. The maximum absolute atomic E-state index is 12.4. The Labute approximate surface area is 164 Å². The molecule has 3 aromatic rings. The fourth-order valence-corrected chi connectivity index (χ4v) is 2.89. The van der Waals surface area contributed by atoms with Crippen molar-refractivity contribution in [2.45, 2.75) is 20.0 Å². The molecule has 136 valence electrons. The highest BCUT2D eigenvalue weighted by molar-refractivity contribution is 9.10. The Bertz CT molecular complexity index is 1010. The Morgan fingerprint density at radius 1 is 1.26 bits per heavy atom. The van der Waals surface area contributed by atoms with Gasteiger partial charge in [0.05, 0.1) is 11.6 Å². The summed E-state index contributed by atoms with van der Waals surface area (Å²) in [6.07, 6.45) is -1.24. The quantitative estimate of drug-likeness (QED) is 0.587. The van der Waals surface area contributed by atoms with Crippen molar-refractivity contribution in [1.29, 1.82) is 5.26 Å². The van der Waals surface area contributed by atoms with Crippen LogP contribution in [0.15, 0.2) is 57.5 Å². The van der Waals surface area contributed by atoms with Crippen molar-refractivity contribution in [3.63, 3.8) is 0 Å². The van der Waals surface area contributed by atoms with Crippen molar-refractivity contribution in [3.05, 3.63) is 69.8 Å². The van der Waals surface area contributed by atoms with Crippen LogP contribution in [0.1, 0.15) is 29.8 Å². The predicted molar refractivity (Wildman–Crippen MR) is 104 cm³/mol. The molecule has 1 aromatic heterocycles. The third-order valence-corrected chi connectivity index (χ3v) is 4.53. The van der Waals surface area contributed by atoms with Gasteiger partial charge in [-0.3, -0.25) is 5.32 Å². The van der Waals surface area contributed by atoms with E-state index in [4.69, 9.17) is 9.26 Å². The summed E-state index contributed by atoms with van der Waals surface area (Å²) in [6, 6.07) is 16.5. The molecular weight excluding hydrogens is 410 g/mol. The number of carbonyl (C=O) groups is 1. The Morgan fingerprint density at radius 3 is 2.67 bits per heavy atom. The van der Waals surface area contributed by atoms with Gasteiger partial charge in [0, 0.05) is 15.6 Å². The lowest BCUT2D eigenvalue weighted by atomic mass is 10.0. The molecule has 2 aromatic carbocycles. The first kappa shape index (κ1) is 18.7. The monoisotopic (exact) mass is 425 g/mol. The lowest BCUT2D eigenvalue weighted by molar-refractivity contribution is 0.121. The van der Waals surface area contributed by atoms with Crippen LogP contribution in [-0.2, 0) is 4.74 Å². The van der Waals surface area contributed by atoms with Gasteiger partial charge in [0.25, 0.3) is 0 Å². The zero-order valence-corrected chi connectivity index (χ0v) is 16.3. The molecule has 0 saturated heterocycles. The molecule has 0 saturated carbocycles.